The van der Waals surface area contributed by atoms with Gasteiger partial charge in [0.15, 0.2) is 0 Å². The van der Waals surface area contributed by atoms with E-state index in [2.05, 4.69) is 55.5 Å². The molecule has 0 saturated carbocycles. The molecule has 0 aromatic heterocycles. The third-order valence-corrected chi connectivity index (χ3v) is 3.42. The van der Waals surface area contributed by atoms with E-state index in [1.807, 2.05) is 12.2 Å². The van der Waals surface area contributed by atoms with Crippen LogP contribution >= 0.6 is 0 Å². The summed E-state index contributed by atoms with van der Waals surface area (Å²) in [6, 6.07) is 0. The fraction of sp³-hybridized carbons (Fsp3) is 0.500. The van der Waals surface area contributed by atoms with Gasteiger partial charge < -0.3 is 5.11 Å². The van der Waals surface area contributed by atoms with Gasteiger partial charge in [0.25, 0.3) is 0 Å². The van der Waals surface area contributed by atoms with E-state index in [-0.39, 0.29) is 6.42 Å². The molecule has 0 radical (unpaired) electrons. The zero-order valence-corrected chi connectivity index (χ0v) is 15.2. The summed E-state index contributed by atoms with van der Waals surface area (Å²) < 4.78 is 0. The Morgan fingerprint density at radius 3 is 1.50 bits per heavy atom. The molecular weight excluding hydrogens is 296 g/mol. The van der Waals surface area contributed by atoms with Crippen LogP contribution in [0.5, 0.6) is 0 Å². The van der Waals surface area contributed by atoms with Gasteiger partial charge in [0.1, 0.15) is 0 Å². The van der Waals surface area contributed by atoms with E-state index in [0.29, 0.717) is 6.42 Å². The molecule has 134 valence electrons. The van der Waals surface area contributed by atoms with Crippen LogP contribution in [-0.4, -0.2) is 11.1 Å². The minimum atomic E-state index is -0.739. The standard InChI is InChI=1S/C22H34O2/c1-2-3-4-5-6-7-8-9-10-11-12-13-14-15-16-17-18-19-20-21-22(23)24/h6-7,9-10,12-13,15-16,18-19H,2-5,8,11,14,17,20-21H2,1H3,(H,23,24)/b7-6+,10-9-,13-12+,16-15+,19-18+. The van der Waals surface area contributed by atoms with Gasteiger partial charge >= 0.3 is 5.97 Å². The molecule has 0 fully saturated rings. The van der Waals surface area contributed by atoms with Crippen molar-refractivity contribution in [1.82, 2.24) is 0 Å². The van der Waals surface area contributed by atoms with Crippen LogP contribution in [0.1, 0.15) is 71.1 Å². The highest BCUT2D eigenvalue weighted by molar-refractivity contribution is 5.66. The van der Waals surface area contributed by atoms with Crippen molar-refractivity contribution < 1.29 is 9.90 Å². The first-order valence-electron chi connectivity index (χ1n) is 9.24. The first kappa shape index (κ1) is 22.2. The van der Waals surface area contributed by atoms with Gasteiger partial charge in [0.2, 0.25) is 0 Å². The van der Waals surface area contributed by atoms with E-state index in [1.54, 1.807) is 0 Å². The van der Waals surface area contributed by atoms with Crippen LogP contribution in [0.15, 0.2) is 60.8 Å². The quantitative estimate of drug-likeness (QED) is 0.265. The number of hydrogen-bond donors (Lipinski definition) is 1. The van der Waals surface area contributed by atoms with Crippen molar-refractivity contribution in [3.8, 4) is 0 Å². The van der Waals surface area contributed by atoms with Gasteiger partial charge in [-0.05, 0) is 44.9 Å². The lowest BCUT2D eigenvalue weighted by Crippen LogP contribution is -1.91. The largest absolute Gasteiger partial charge is 0.481 e. The first-order valence-corrected chi connectivity index (χ1v) is 9.24. The number of carbonyl (C=O) groups is 1. The van der Waals surface area contributed by atoms with E-state index in [1.165, 1.54) is 25.7 Å². The SMILES string of the molecule is CCCCC/C=C/C/C=C\C/C=C/C/C=C/C/C=C/CCC(=O)O. The molecule has 0 atom stereocenters. The molecule has 0 aromatic rings. The molecule has 0 saturated heterocycles. The highest BCUT2D eigenvalue weighted by atomic mass is 16.4. The van der Waals surface area contributed by atoms with Crippen LogP contribution in [0, 0.1) is 0 Å². The van der Waals surface area contributed by atoms with Crippen molar-refractivity contribution in [2.75, 3.05) is 0 Å². The maximum atomic E-state index is 10.3. The second-order valence-electron chi connectivity index (χ2n) is 5.73. The maximum absolute atomic E-state index is 10.3. The number of allylic oxidation sites excluding steroid dienone is 10. The number of hydrogen-bond acceptors (Lipinski definition) is 1. The van der Waals surface area contributed by atoms with Crippen LogP contribution in [0.4, 0.5) is 0 Å². The minimum Gasteiger partial charge on any atom is -0.481 e. The zero-order chi connectivity index (χ0) is 17.7. The summed E-state index contributed by atoms with van der Waals surface area (Å²) >= 11 is 0. The van der Waals surface area contributed by atoms with Crippen LogP contribution < -0.4 is 0 Å². The molecule has 0 unspecified atom stereocenters. The monoisotopic (exact) mass is 330 g/mol. The molecule has 2 heteroatoms. The van der Waals surface area contributed by atoms with Crippen molar-refractivity contribution in [3.05, 3.63) is 60.8 Å². The summed E-state index contributed by atoms with van der Waals surface area (Å²) in [6.45, 7) is 2.23. The normalized spacial score (nSPS) is 12.7. The highest BCUT2D eigenvalue weighted by Gasteiger charge is 1.90. The summed E-state index contributed by atoms with van der Waals surface area (Å²) in [5.74, 6) is -0.739. The Balaban J connectivity index is 3.46. The average Bonchev–Trinajstić information content (AvgIpc) is 2.56. The van der Waals surface area contributed by atoms with Gasteiger partial charge in [-0.3, -0.25) is 4.79 Å². The van der Waals surface area contributed by atoms with E-state index >= 15 is 0 Å². The molecule has 0 aliphatic carbocycles. The second kappa shape index (κ2) is 19.2. The Bertz CT molecular complexity index is 425. The fourth-order valence-electron chi connectivity index (χ4n) is 2.04. The van der Waals surface area contributed by atoms with E-state index < -0.39 is 5.97 Å². The van der Waals surface area contributed by atoms with Crippen molar-refractivity contribution in [2.24, 2.45) is 0 Å². The molecule has 0 rings (SSSR count). The number of carboxylic acids is 1. The third-order valence-electron chi connectivity index (χ3n) is 3.42. The van der Waals surface area contributed by atoms with Gasteiger partial charge in [-0.15, -0.1) is 0 Å². The number of aliphatic carboxylic acids is 1. The van der Waals surface area contributed by atoms with E-state index in [0.717, 1.165) is 25.7 Å². The summed E-state index contributed by atoms with van der Waals surface area (Å²) in [5, 5.41) is 8.49. The topological polar surface area (TPSA) is 37.3 Å². The van der Waals surface area contributed by atoms with Crippen molar-refractivity contribution >= 4 is 5.97 Å². The third kappa shape index (κ3) is 20.2. The Morgan fingerprint density at radius 1 is 0.667 bits per heavy atom. The van der Waals surface area contributed by atoms with E-state index in [9.17, 15) is 4.79 Å². The summed E-state index contributed by atoms with van der Waals surface area (Å²) in [5.41, 5.74) is 0. The molecule has 0 amide bonds. The Morgan fingerprint density at radius 2 is 1.08 bits per heavy atom. The summed E-state index contributed by atoms with van der Waals surface area (Å²) in [7, 11) is 0. The molecule has 24 heavy (non-hydrogen) atoms. The molecule has 1 N–H and O–H groups in total. The predicted octanol–water partition coefficient (Wildman–Crippen LogP) is 6.77. The second-order valence-corrected chi connectivity index (χ2v) is 5.73. The Hall–Kier alpha value is -1.83. The molecule has 0 spiro atoms. The molecule has 0 bridgehead atoms. The van der Waals surface area contributed by atoms with Crippen molar-refractivity contribution in [1.29, 1.82) is 0 Å². The zero-order valence-electron chi connectivity index (χ0n) is 15.2. The summed E-state index contributed by atoms with van der Waals surface area (Å²) in [4.78, 5) is 10.3. The lowest BCUT2D eigenvalue weighted by Gasteiger charge is -1.90. The smallest absolute Gasteiger partial charge is 0.303 e. The summed E-state index contributed by atoms with van der Waals surface area (Å²) in [6.07, 6.45) is 31.4. The van der Waals surface area contributed by atoms with Gasteiger partial charge in [0.05, 0.1) is 0 Å². The lowest BCUT2D eigenvalue weighted by atomic mass is 10.2. The van der Waals surface area contributed by atoms with Gasteiger partial charge in [-0.2, -0.15) is 0 Å². The molecule has 0 heterocycles. The molecule has 2 nitrogen and oxygen atoms in total. The van der Waals surface area contributed by atoms with Gasteiger partial charge in [0, 0.05) is 6.42 Å². The molecular formula is C22H34O2. The van der Waals surface area contributed by atoms with Crippen LogP contribution in [0.25, 0.3) is 0 Å². The van der Waals surface area contributed by atoms with Crippen molar-refractivity contribution in [2.45, 2.75) is 71.1 Å². The Labute approximate surface area is 148 Å². The Kier molecular flexibility index (Phi) is 17.8. The van der Waals surface area contributed by atoms with Crippen LogP contribution in [0.2, 0.25) is 0 Å². The predicted molar refractivity (Wildman–Crippen MR) is 105 cm³/mol. The lowest BCUT2D eigenvalue weighted by molar-refractivity contribution is -0.136. The molecule has 0 aromatic carbocycles. The first-order chi connectivity index (χ1) is 11.8. The number of unbranched alkanes of at least 4 members (excludes halogenated alkanes) is 3. The minimum absolute atomic E-state index is 0.213. The van der Waals surface area contributed by atoms with Gasteiger partial charge in [-0.25, -0.2) is 0 Å². The number of rotatable bonds is 15. The fourth-order valence-corrected chi connectivity index (χ4v) is 2.04. The molecule has 0 aliphatic rings. The van der Waals surface area contributed by atoms with Crippen molar-refractivity contribution in [3.63, 3.8) is 0 Å². The number of carboxylic acid groups (broad SMARTS) is 1. The average molecular weight is 331 g/mol. The van der Waals surface area contributed by atoms with Gasteiger partial charge in [-0.1, -0.05) is 80.5 Å². The molecule has 0 aliphatic heterocycles. The van der Waals surface area contributed by atoms with E-state index in [4.69, 9.17) is 5.11 Å². The maximum Gasteiger partial charge on any atom is 0.303 e. The van der Waals surface area contributed by atoms with Crippen LogP contribution in [0.3, 0.4) is 0 Å². The van der Waals surface area contributed by atoms with Crippen LogP contribution in [-0.2, 0) is 4.79 Å². The highest BCUT2D eigenvalue weighted by Crippen LogP contribution is 2.01.